The first-order valence-corrected chi connectivity index (χ1v) is 5.78. The number of pyridine rings is 1. The van der Waals surface area contributed by atoms with E-state index in [0.717, 1.165) is 12.1 Å². The zero-order valence-electron chi connectivity index (χ0n) is 11.1. The molecule has 3 N–H and O–H groups in total. The first kappa shape index (κ1) is 18.7. The van der Waals surface area contributed by atoms with E-state index in [1.807, 2.05) is 6.92 Å². The van der Waals surface area contributed by atoms with E-state index in [9.17, 15) is 18.0 Å². The minimum atomic E-state index is -4.51. The SMILES string of the molecule is Cc1nc(C(F)(F)F)ccc1C(=O)NCC(C)CN.Cl. The van der Waals surface area contributed by atoms with Gasteiger partial charge in [0.05, 0.1) is 11.3 Å². The van der Waals surface area contributed by atoms with E-state index >= 15 is 0 Å². The Bertz CT molecular complexity index is 466. The van der Waals surface area contributed by atoms with Gasteiger partial charge in [0.1, 0.15) is 5.69 Å². The first-order valence-electron chi connectivity index (χ1n) is 5.78. The van der Waals surface area contributed by atoms with E-state index in [-0.39, 0.29) is 29.6 Å². The highest BCUT2D eigenvalue weighted by atomic mass is 35.5. The quantitative estimate of drug-likeness (QED) is 0.895. The fraction of sp³-hybridized carbons (Fsp3) is 0.500. The molecular weight excluding hydrogens is 295 g/mol. The topological polar surface area (TPSA) is 68.0 Å². The maximum absolute atomic E-state index is 12.4. The van der Waals surface area contributed by atoms with Gasteiger partial charge in [0.2, 0.25) is 0 Å². The van der Waals surface area contributed by atoms with Crippen molar-refractivity contribution in [3.63, 3.8) is 0 Å². The molecular formula is C12H17ClF3N3O. The number of carbonyl (C=O) groups excluding carboxylic acids is 1. The minimum Gasteiger partial charge on any atom is -0.352 e. The number of hydrogen-bond acceptors (Lipinski definition) is 3. The molecule has 20 heavy (non-hydrogen) atoms. The summed E-state index contributed by atoms with van der Waals surface area (Å²) in [5.74, 6) is -0.342. The third-order valence-corrected chi connectivity index (χ3v) is 2.63. The molecule has 1 rings (SSSR count). The Morgan fingerprint density at radius 2 is 2.05 bits per heavy atom. The largest absolute Gasteiger partial charge is 0.433 e. The van der Waals surface area contributed by atoms with Gasteiger partial charge >= 0.3 is 6.18 Å². The lowest BCUT2D eigenvalue weighted by Gasteiger charge is -2.12. The number of amides is 1. The lowest BCUT2D eigenvalue weighted by atomic mass is 10.1. The fourth-order valence-corrected chi connectivity index (χ4v) is 1.40. The second-order valence-electron chi connectivity index (χ2n) is 4.38. The van der Waals surface area contributed by atoms with Crippen LogP contribution in [0.2, 0.25) is 0 Å². The maximum atomic E-state index is 12.4. The molecule has 1 heterocycles. The molecule has 0 fully saturated rings. The molecule has 0 aliphatic carbocycles. The number of nitrogens with one attached hydrogen (secondary N) is 1. The summed E-state index contributed by atoms with van der Waals surface area (Å²) in [4.78, 5) is 15.2. The predicted octanol–water partition coefficient (Wildman–Crippen LogP) is 2.16. The molecule has 8 heteroatoms. The summed E-state index contributed by atoms with van der Waals surface area (Å²) in [5, 5.41) is 2.61. The molecule has 0 saturated heterocycles. The molecule has 0 radical (unpaired) electrons. The Hall–Kier alpha value is -1.34. The number of aryl methyl sites for hydroxylation is 1. The van der Waals surface area contributed by atoms with Crippen molar-refractivity contribution < 1.29 is 18.0 Å². The standard InChI is InChI=1S/C12H16F3N3O.ClH/c1-7(5-16)6-17-11(19)9-3-4-10(12(13,14)15)18-8(9)2;/h3-4,7H,5-6,16H2,1-2H3,(H,17,19);1H. The van der Waals surface area contributed by atoms with Gasteiger partial charge in [-0.15, -0.1) is 12.4 Å². The second kappa shape index (κ2) is 7.44. The third-order valence-electron chi connectivity index (χ3n) is 2.63. The van der Waals surface area contributed by atoms with Crippen LogP contribution in [0.25, 0.3) is 0 Å². The van der Waals surface area contributed by atoms with Gasteiger partial charge in [0.25, 0.3) is 5.91 Å². The zero-order chi connectivity index (χ0) is 14.6. The Morgan fingerprint density at radius 1 is 1.45 bits per heavy atom. The number of alkyl halides is 3. The van der Waals surface area contributed by atoms with Crippen LogP contribution in [0.15, 0.2) is 12.1 Å². The summed E-state index contributed by atoms with van der Waals surface area (Å²) in [7, 11) is 0. The van der Waals surface area contributed by atoms with Gasteiger partial charge in [-0.25, -0.2) is 4.98 Å². The molecule has 0 bridgehead atoms. The molecule has 1 unspecified atom stereocenters. The van der Waals surface area contributed by atoms with Crippen LogP contribution in [0, 0.1) is 12.8 Å². The van der Waals surface area contributed by atoms with Gasteiger partial charge in [-0.3, -0.25) is 4.79 Å². The number of carbonyl (C=O) groups is 1. The molecule has 0 aromatic carbocycles. The van der Waals surface area contributed by atoms with E-state index in [1.165, 1.54) is 6.92 Å². The molecule has 0 aliphatic rings. The highest BCUT2D eigenvalue weighted by Gasteiger charge is 2.33. The van der Waals surface area contributed by atoms with Gasteiger partial charge in [-0.2, -0.15) is 13.2 Å². The van der Waals surface area contributed by atoms with Gasteiger partial charge in [0.15, 0.2) is 0 Å². The summed E-state index contributed by atoms with van der Waals surface area (Å²) < 4.78 is 37.3. The predicted molar refractivity (Wildman–Crippen MR) is 71.8 cm³/mol. The Labute approximate surface area is 121 Å². The lowest BCUT2D eigenvalue weighted by Crippen LogP contribution is -2.32. The molecule has 1 aromatic rings. The van der Waals surface area contributed by atoms with Gasteiger partial charge in [-0.05, 0) is 31.5 Å². The number of nitrogens with zero attached hydrogens (tertiary/aromatic N) is 1. The number of nitrogens with two attached hydrogens (primary N) is 1. The second-order valence-corrected chi connectivity index (χ2v) is 4.38. The molecule has 0 aliphatic heterocycles. The third kappa shape index (κ3) is 4.97. The van der Waals surface area contributed by atoms with Crippen molar-refractivity contribution in [3.05, 3.63) is 29.1 Å². The molecule has 1 atom stereocenters. The monoisotopic (exact) mass is 311 g/mol. The normalized spacial score (nSPS) is 12.5. The van der Waals surface area contributed by atoms with Gasteiger partial charge in [0, 0.05) is 6.54 Å². The van der Waals surface area contributed by atoms with Crippen LogP contribution in [0.4, 0.5) is 13.2 Å². The van der Waals surface area contributed by atoms with Crippen LogP contribution in [-0.2, 0) is 6.18 Å². The van der Waals surface area contributed by atoms with Crippen molar-refractivity contribution in [2.75, 3.05) is 13.1 Å². The van der Waals surface area contributed by atoms with E-state index in [4.69, 9.17) is 5.73 Å². The summed E-state index contributed by atoms with van der Waals surface area (Å²) in [5.41, 5.74) is 4.59. The lowest BCUT2D eigenvalue weighted by molar-refractivity contribution is -0.141. The fourth-order valence-electron chi connectivity index (χ4n) is 1.40. The number of aromatic nitrogens is 1. The minimum absolute atomic E-state index is 0. The van der Waals surface area contributed by atoms with Crippen molar-refractivity contribution >= 4 is 18.3 Å². The van der Waals surface area contributed by atoms with Crippen molar-refractivity contribution in [2.24, 2.45) is 11.7 Å². The zero-order valence-corrected chi connectivity index (χ0v) is 11.9. The van der Waals surface area contributed by atoms with Crippen LogP contribution in [0.1, 0.15) is 28.7 Å². The molecule has 0 saturated carbocycles. The van der Waals surface area contributed by atoms with Gasteiger partial charge < -0.3 is 11.1 Å². The van der Waals surface area contributed by atoms with Crippen molar-refractivity contribution in [2.45, 2.75) is 20.0 Å². The summed E-state index contributed by atoms with van der Waals surface area (Å²) >= 11 is 0. The first-order chi connectivity index (χ1) is 8.75. The van der Waals surface area contributed by atoms with Crippen LogP contribution < -0.4 is 11.1 Å². The van der Waals surface area contributed by atoms with Crippen molar-refractivity contribution in [1.82, 2.24) is 10.3 Å². The maximum Gasteiger partial charge on any atom is 0.433 e. The highest BCUT2D eigenvalue weighted by molar-refractivity contribution is 5.95. The van der Waals surface area contributed by atoms with Crippen molar-refractivity contribution in [1.29, 1.82) is 0 Å². The van der Waals surface area contributed by atoms with Gasteiger partial charge in [-0.1, -0.05) is 6.92 Å². The average Bonchev–Trinajstić information content (AvgIpc) is 2.34. The van der Waals surface area contributed by atoms with E-state index in [0.29, 0.717) is 13.1 Å². The molecule has 1 aromatic heterocycles. The van der Waals surface area contributed by atoms with Crippen LogP contribution >= 0.6 is 12.4 Å². The molecule has 0 spiro atoms. The molecule has 1 amide bonds. The molecule has 114 valence electrons. The van der Waals surface area contributed by atoms with Crippen LogP contribution in [0.5, 0.6) is 0 Å². The highest BCUT2D eigenvalue weighted by Crippen LogP contribution is 2.28. The Morgan fingerprint density at radius 3 is 2.50 bits per heavy atom. The van der Waals surface area contributed by atoms with Crippen LogP contribution in [0.3, 0.4) is 0 Å². The average molecular weight is 312 g/mol. The summed E-state index contributed by atoms with van der Waals surface area (Å²) in [6, 6.07) is 1.93. The number of halogens is 4. The van der Waals surface area contributed by atoms with E-state index in [1.54, 1.807) is 0 Å². The van der Waals surface area contributed by atoms with Crippen LogP contribution in [-0.4, -0.2) is 24.0 Å². The summed E-state index contributed by atoms with van der Waals surface area (Å²) in [6.07, 6.45) is -4.51. The Balaban J connectivity index is 0.00000361. The summed E-state index contributed by atoms with van der Waals surface area (Å²) in [6.45, 7) is 4.02. The van der Waals surface area contributed by atoms with E-state index in [2.05, 4.69) is 10.3 Å². The van der Waals surface area contributed by atoms with E-state index < -0.39 is 17.8 Å². The Kier molecular flexibility index (Phi) is 6.95. The van der Waals surface area contributed by atoms with Crippen molar-refractivity contribution in [3.8, 4) is 0 Å². The molecule has 4 nitrogen and oxygen atoms in total. The number of hydrogen-bond donors (Lipinski definition) is 2. The smallest absolute Gasteiger partial charge is 0.352 e. The number of rotatable bonds is 4.